The van der Waals surface area contributed by atoms with E-state index in [1.54, 1.807) is 0 Å². The number of anilines is 1. The van der Waals surface area contributed by atoms with E-state index in [-0.39, 0.29) is 5.60 Å². The summed E-state index contributed by atoms with van der Waals surface area (Å²) >= 11 is 0. The summed E-state index contributed by atoms with van der Waals surface area (Å²) in [5.41, 5.74) is 0.894. The van der Waals surface area contributed by atoms with E-state index in [1.807, 2.05) is 19.1 Å². The van der Waals surface area contributed by atoms with E-state index in [9.17, 15) is 0 Å². The highest BCUT2D eigenvalue weighted by Crippen LogP contribution is 2.43. The zero-order chi connectivity index (χ0) is 17.0. The summed E-state index contributed by atoms with van der Waals surface area (Å²) in [6, 6.07) is 1.94. The molecule has 5 heteroatoms. The first kappa shape index (κ1) is 17.2. The Bertz CT molecular complexity index is 564. The lowest BCUT2D eigenvalue weighted by Gasteiger charge is -2.32. The maximum Gasteiger partial charge on any atom is 0.228 e. The van der Waals surface area contributed by atoms with Crippen LogP contribution in [0.25, 0.3) is 0 Å². The van der Waals surface area contributed by atoms with Crippen molar-refractivity contribution >= 4 is 5.95 Å². The van der Waals surface area contributed by atoms with Gasteiger partial charge in [-0.05, 0) is 45.4 Å². The van der Waals surface area contributed by atoms with Gasteiger partial charge in [0.05, 0.1) is 0 Å². The van der Waals surface area contributed by atoms with Crippen LogP contribution < -0.4 is 9.64 Å². The van der Waals surface area contributed by atoms with Gasteiger partial charge in [-0.1, -0.05) is 6.08 Å². The quantitative estimate of drug-likeness (QED) is 0.682. The van der Waals surface area contributed by atoms with Gasteiger partial charge >= 0.3 is 0 Å². The number of piperidine rings is 1. The fourth-order valence-electron chi connectivity index (χ4n) is 3.27. The lowest BCUT2D eigenvalue weighted by Crippen LogP contribution is -2.36. The van der Waals surface area contributed by atoms with E-state index < -0.39 is 0 Å². The predicted molar refractivity (Wildman–Crippen MR) is 95.6 cm³/mol. The summed E-state index contributed by atoms with van der Waals surface area (Å²) in [7, 11) is 0. The van der Waals surface area contributed by atoms with Crippen molar-refractivity contribution in [3.05, 3.63) is 24.4 Å². The van der Waals surface area contributed by atoms with Gasteiger partial charge in [-0.25, -0.2) is 4.98 Å². The molecule has 132 valence electrons. The molecule has 5 nitrogen and oxygen atoms in total. The SMILES string of the molecule is C=CCC1(Oc2cc(C)nc(N3CCC(COCC)CC3)n2)CC1. The van der Waals surface area contributed by atoms with Crippen LogP contribution in [0.1, 0.15) is 44.7 Å². The molecular weight excluding hydrogens is 302 g/mol. The van der Waals surface area contributed by atoms with Gasteiger partial charge < -0.3 is 14.4 Å². The molecule has 0 spiro atoms. The first-order valence-electron chi connectivity index (χ1n) is 9.12. The Morgan fingerprint density at radius 1 is 1.33 bits per heavy atom. The predicted octanol–water partition coefficient (Wildman–Crippen LogP) is 3.53. The van der Waals surface area contributed by atoms with Gasteiger partial charge in [0.2, 0.25) is 11.8 Å². The molecule has 0 radical (unpaired) electrons. The van der Waals surface area contributed by atoms with Crippen LogP contribution in [-0.2, 0) is 4.74 Å². The Morgan fingerprint density at radius 3 is 2.71 bits per heavy atom. The smallest absolute Gasteiger partial charge is 0.228 e. The monoisotopic (exact) mass is 331 g/mol. The average Bonchev–Trinajstić information content (AvgIpc) is 3.32. The second kappa shape index (κ2) is 7.51. The van der Waals surface area contributed by atoms with Crippen molar-refractivity contribution in [2.45, 2.75) is 51.6 Å². The van der Waals surface area contributed by atoms with Crippen LogP contribution in [-0.4, -0.2) is 41.9 Å². The van der Waals surface area contributed by atoms with Crippen molar-refractivity contribution in [2.75, 3.05) is 31.2 Å². The molecule has 0 N–H and O–H groups in total. The van der Waals surface area contributed by atoms with Gasteiger partial charge in [0.25, 0.3) is 0 Å². The van der Waals surface area contributed by atoms with Crippen molar-refractivity contribution in [2.24, 2.45) is 5.92 Å². The van der Waals surface area contributed by atoms with Gasteiger partial charge in [0.15, 0.2) is 0 Å². The third kappa shape index (κ3) is 4.26. The molecule has 1 aliphatic carbocycles. The van der Waals surface area contributed by atoms with Crippen molar-refractivity contribution in [1.29, 1.82) is 0 Å². The highest BCUT2D eigenvalue weighted by molar-refractivity contribution is 5.35. The molecular formula is C19H29N3O2. The summed E-state index contributed by atoms with van der Waals surface area (Å²) in [6.07, 6.45) is 7.25. The van der Waals surface area contributed by atoms with Crippen LogP contribution in [0.4, 0.5) is 5.95 Å². The van der Waals surface area contributed by atoms with Crippen molar-refractivity contribution in [3.63, 3.8) is 0 Å². The number of nitrogens with zero attached hydrogens (tertiary/aromatic N) is 3. The molecule has 0 bridgehead atoms. The zero-order valence-corrected chi connectivity index (χ0v) is 15.0. The summed E-state index contributed by atoms with van der Waals surface area (Å²) in [4.78, 5) is 11.6. The van der Waals surface area contributed by atoms with Gasteiger partial charge in [-0.2, -0.15) is 4.98 Å². The first-order chi connectivity index (χ1) is 11.6. The van der Waals surface area contributed by atoms with E-state index in [0.717, 1.165) is 70.0 Å². The maximum absolute atomic E-state index is 6.17. The van der Waals surface area contributed by atoms with E-state index >= 15 is 0 Å². The minimum atomic E-state index is -0.0652. The van der Waals surface area contributed by atoms with Gasteiger partial charge in [-0.3, -0.25) is 0 Å². The van der Waals surface area contributed by atoms with E-state index in [1.165, 1.54) is 0 Å². The number of hydrogen-bond donors (Lipinski definition) is 0. The number of ether oxygens (including phenoxy) is 2. The summed E-state index contributed by atoms with van der Waals surface area (Å²) < 4.78 is 11.7. The lowest BCUT2D eigenvalue weighted by molar-refractivity contribution is 0.100. The molecule has 1 saturated carbocycles. The van der Waals surface area contributed by atoms with E-state index in [4.69, 9.17) is 9.47 Å². The lowest BCUT2D eigenvalue weighted by atomic mass is 9.98. The molecule has 0 aromatic carbocycles. The number of rotatable bonds is 8. The highest BCUT2D eigenvalue weighted by atomic mass is 16.5. The van der Waals surface area contributed by atoms with Gasteiger partial charge in [0.1, 0.15) is 5.60 Å². The zero-order valence-electron chi connectivity index (χ0n) is 15.0. The number of hydrogen-bond acceptors (Lipinski definition) is 5. The molecule has 2 fully saturated rings. The van der Waals surface area contributed by atoms with Crippen molar-refractivity contribution in [3.8, 4) is 5.88 Å². The first-order valence-corrected chi connectivity index (χ1v) is 9.12. The van der Waals surface area contributed by atoms with Crippen LogP contribution >= 0.6 is 0 Å². The molecule has 3 rings (SSSR count). The van der Waals surface area contributed by atoms with E-state index in [0.29, 0.717) is 11.8 Å². The normalized spacial score (nSPS) is 20.0. The van der Waals surface area contributed by atoms with Crippen molar-refractivity contribution < 1.29 is 9.47 Å². The molecule has 1 aromatic heterocycles. The molecule has 1 saturated heterocycles. The van der Waals surface area contributed by atoms with Crippen LogP contribution in [0.3, 0.4) is 0 Å². The van der Waals surface area contributed by atoms with Crippen LogP contribution in [0.2, 0.25) is 0 Å². The third-order valence-electron chi connectivity index (χ3n) is 4.92. The molecule has 0 atom stereocenters. The second-order valence-corrected chi connectivity index (χ2v) is 7.02. The van der Waals surface area contributed by atoms with Crippen molar-refractivity contribution in [1.82, 2.24) is 9.97 Å². The Balaban J connectivity index is 1.63. The molecule has 0 amide bonds. The van der Waals surface area contributed by atoms with Gasteiger partial charge in [-0.15, -0.1) is 6.58 Å². The fraction of sp³-hybridized carbons (Fsp3) is 0.684. The second-order valence-electron chi connectivity index (χ2n) is 7.02. The van der Waals surface area contributed by atoms with Crippen LogP contribution in [0, 0.1) is 12.8 Å². The fourth-order valence-corrected chi connectivity index (χ4v) is 3.27. The standard InChI is InChI=1S/C19H29N3O2/c1-4-8-19(9-10-19)24-17-13-15(3)20-18(21-17)22-11-6-16(7-12-22)14-23-5-2/h4,13,16H,1,5-12,14H2,2-3H3. The molecule has 1 aromatic rings. The Morgan fingerprint density at radius 2 is 2.08 bits per heavy atom. The Hall–Kier alpha value is -1.62. The topological polar surface area (TPSA) is 47.5 Å². The molecule has 2 aliphatic rings. The average molecular weight is 331 g/mol. The minimum absolute atomic E-state index is 0.0652. The number of aryl methyl sites for hydroxylation is 1. The van der Waals surface area contributed by atoms with E-state index in [2.05, 4.69) is 28.4 Å². The summed E-state index contributed by atoms with van der Waals surface area (Å²) in [5, 5.41) is 0. The summed E-state index contributed by atoms with van der Waals surface area (Å²) in [6.45, 7) is 11.5. The van der Waals surface area contributed by atoms with Crippen LogP contribution in [0.5, 0.6) is 5.88 Å². The number of aromatic nitrogens is 2. The van der Waals surface area contributed by atoms with Crippen LogP contribution in [0.15, 0.2) is 18.7 Å². The molecule has 0 unspecified atom stereocenters. The highest BCUT2D eigenvalue weighted by Gasteiger charge is 2.44. The summed E-state index contributed by atoms with van der Waals surface area (Å²) in [5.74, 6) is 2.16. The largest absolute Gasteiger partial charge is 0.471 e. The maximum atomic E-state index is 6.17. The molecule has 1 aliphatic heterocycles. The molecule has 24 heavy (non-hydrogen) atoms. The Kier molecular flexibility index (Phi) is 5.39. The minimum Gasteiger partial charge on any atom is -0.471 e. The van der Waals surface area contributed by atoms with Gasteiger partial charge in [0, 0.05) is 44.5 Å². The third-order valence-corrected chi connectivity index (χ3v) is 4.92. The Labute approximate surface area is 145 Å². The molecule has 2 heterocycles.